The highest BCUT2D eigenvalue weighted by Crippen LogP contribution is 2.27. The Morgan fingerprint density at radius 3 is 2.84 bits per heavy atom. The number of carbonyl (C=O) groups is 2. The first-order valence-electron chi connectivity index (χ1n) is 5.36. The van der Waals surface area contributed by atoms with Crippen LogP contribution >= 0.6 is 34.4 Å². The third-order valence-corrected chi connectivity index (χ3v) is 5.49. The molecule has 0 aliphatic rings. The monoisotopic (exact) mass is 313 g/mol. The van der Waals surface area contributed by atoms with Gasteiger partial charge in [-0.3, -0.25) is 4.79 Å². The molecule has 0 fully saturated rings. The van der Waals surface area contributed by atoms with Gasteiger partial charge >= 0.3 is 5.97 Å². The van der Waals surface area contributed by atoms with Crippen molar-refractivity contribution in [3.8, 4) is 0 Å². The van der Waals surface area contributed by atoms with Gasteiger partial charge in [-0.1, -0.05) is 6.07 Å². The molecule has 2 aromatic heterocycles. The van der Waals surface area contributed by atoms with Gasteiger partial charge in [0.25, 0.3) is 0 Å². The van der Waals surface area contributed by atoms with Crippen molar-refractivity contribution in [3.05, 3.63) is 34.0 Å². The van der Waals surface area contributed by atoms with Gasteiger partial charge in [0.05, 0.1) is 15.0 Å². The Hall–Kier alpha value is -1.31. The number of anilines is 1. The zero-order valence-corrected chi connectivity index (χ0v) is 12.5. The Kier molecular flexibility index (Phi) is 4.62. The minimum atomic E-state index is -0.962. The number of carboxylic acid groups (broad SMARTS) is 1. The number of aromatic carboxylic acids is 1. The maximum atomic E-state index is 11.7. The molecular formula is C12H11NO3S3. The van der Waals surface area contributed by atoms with E-state index in [1.165, 1.54) is 11.8 Å². The fourth-order valence-electron chi connectivity index (χ4n) is 1.41. The van der Waals surface area contributed by atoms with E-state index in [9.17, 15) is 9.59 Å². The summed E-state index contributed by atoms with van der Waals surface area (Å²) in [7, 11) is 0. The Balaban J connectivity index is 1.91. The van der Waals surface area contributed by atoms with Crippen LogP contribution in [0.25, 0.3) is 0 Å². The second-order valence-electron chi connectivity index (χ2n) is 3.70. The van der Waals surface area contributed by atoms with Gasteiger partial charge in [-0.25, -0.2) is 4.79 Å². The molecule has 0 spiro atoms. The fourth-order valence-corrected chi connectivity index (χ4v) is 3.92. The third kappa shape index (κ3) is 3.82. The third-order valence-electron chi connectivity index (χ3n) is 2.22. The summed E-state index contributed by atoms with van der Waals surface area (Å²) in [5.74, 6) is -0.771. The normalized spacial score (nSPS) is 10.4. The Morgan fingerprint density at radius 2 is 2.26 bits per heavy atom. The summed E-state index contributed by atoms with van der Waals surface area (Å²) in [6.07, 6.45) is 0. The first kappa shape index (κ1) is 14.1. The van der Waals surface area contributed by atoms with Crippen LogP contribution in [0.1, 0.15) is 15.2 Å². The molecule has 7 heteroatoms. The number of hydrogen-bond acceptors (Lipinski definition) is 5. The van der Waals surface area contributed by atoms with E-state index >= 15 is 0 Å². The van der Waals surface area contributed by atoms with E-state index in [-0.39, 0.29) is 10.8 Å². The van der Waals surface area contributed by atoms with Crippen LogP contribution in [0, 0.1) is 6.92 Å². The maximum absolute atomic E-state index is 11.7. The zero-order valence-electron chi connectivity index (χ0n) is 10.0. The first-order chi connectivity index (χ1) is 9.06. The second kappa shape index (κ2) is 6.23. The summed E-state index contributed by atoms with van der Waals surface area (Å²) in [5.41, 5.74) is 0.665. The van der Waals surface area contributed by atoms with E-state index in [0.717, 1.165) is 15.5 Å². The number of rotatable bonds is 5. The van der Waals surface area contributed by atoms with E-state index in [1.54, 1.807) is 24.3 Å². The quantitative estimate of drug-likeness (QED) is 0.829. The topological polar surface area (TPSA) is 66.4 Å². The number of thiophene rings is 2. The molecule has 0 saturated heterocycles. The fraction of sp³-hybridized carbons (Fsp3) is 0.167. The first-order valence-corrected chi connectivity index (χ1v) is 8.04. The number of hydrogen-bond donors (Lipinski definition) is 2. The molecule has 4 nitrogen and oxygen atoms in total. The molecule has 0 atom stereocenters. The Labute approximate surface area is 122 Å². The van der Waals surface area contributed by atoms with Crippen LogP contribution < -0.4 is 5.32 Å². The van der Waals surface area contributed by atoms with Crippen molar-refractivity contribution in [1.82, 2.24) is 0 Å². The van der Waals surface area contributed by atoms with Gasteiger partial charge in [0.1, 0.15) is 4.88 Å². The molecule has 1 amide bonds. The number of nitrogens with one attached hydrogen (secondary N) is 1. The van der Waals surface area contributed by atoms with Crippen molar-refractivity contribution < 1.29 is 14.7 Å². The molecule has 0 radical (unpaired) electrons. The molecule has 0 aliphatic carbocycles. The van der Waals surface area contributed by atoms with Crippen LogP contribution in [-0.2, 0) is 4.79 Å². The van der Waals surface area contributed by atoms with Crippen LogP contribution in [0.2, 0.25) is 0 Å². The molecule has 2 N–H and O–H groups in total. The molecule has 100 valence electrons. The van der Waals surface area contributed by atoms with Crippen molar-refractivity contribution in [1.29, 1.82) is 0 Å². The van der Waals surface area contributed by atoms with E-state index in [1.807, 2.05) is 17.5 Å². The van der Waals surface area contributed by atoms with Gasteiger partial charge in [0.2, 0.25) is 5.91 Å². The number of carboxylic acids is 1. The van der Waals surface area contributed by atoms with Crippen molar-refractivity contribution in [3.63, 3.8) is 0 Å². The molecule has 2 aromatic rings. The van der Waals surface area contributed by atoms with Gasteiger partial charge in [-0.15, -0.1) is 34.4 Å². The minimum Gasteiger partial charge on any atom is -0.477 e. The Bertz CT molecular complexity index is 589. The van der Waals surface area contributed by atoms with Crippen molar-refractivity contribution in [2.75, 3.05) is 11.1 Å². The van der Waals surface area contributed by atoms with Crippen molar-refractivity contribution >= 4 is 51.3 Å². The number of amides is 1. The predicted molar refractivity (Wildman–Crippen MR) is 79.7 cm³/mol. The highest BCUT2D eigenvalue weighted by atomic mass is 32.2. The lowest BCUT2D eigenvalue weighted by Gasteiger charge is -2.00. The summed E-state index contributed by atoms with van der Waals surface area (Å²) >= 11 is 4.14. The standard InChI is InChI=1S/C12H11NO3S3/c1-7-5-9(19-11(7)12(15)16)13-8(14)6-18-10-3-2-4-17-10/h2-5H,6H2,1H3,(H,13,14)(H,15,16). The van der Waals surface area contributed by atoms with Crippen LogP contribution in [0.15, 0.2) is 27.8 Å². The smallest absolute Gasteiger partial charge is 0.346 e. The maximum Gasteiger partial charge on any atom is 0.346 e. The molecule has 0 aromatic carbocycles. The van der Waals surface area contributed by atoms with Gasteiger partial charge in [-0.05, 0) is 30.0 Å². The summed E-state index contributed by atoms with van der Waals surface area (Å²) < 4.78 is 1.09. The lowest BCUT2D eigenvalue weighted by atomic mass is 10.3. The van der Waals surface area contributed by atoms with Gasteiger partial charge in [0, 0.05) is 0 Å². The van der Waals surface area contributed by atoms with Crippen LogP contribution in [0.3, 0.4) is 0 Å². The SMILES string of the molecule is Cc1cc(NC(=O)CSc2cccs2)sc1C(=O)O. The van der Waals surface area contributed by atoms with Crippen molar-refractivity contribution in [2.45, 2.75) is 11.1 Å². The second-order valence-corrected chi connectivity index (χ2v) is 6.97. The minimum absolute atomic E-state index is 0.128. The van der Waals surface area contributed by atoms with Crippen LogP contribution in [0.5, 0.6) is 0 Å². The summed E-state index contributed by atoms with van der Waals surface area (Å²) in [5, 5.41) is 14.2. The lowest BCUT2D eigenvalue weighted by molar-refractivity contribution is -0.113. The van der Waals surface area contributed by atoms with Gasteiger partial charge in [-0.2, -0.15) is 0 Å². The average molecular weight is 313 g/mol. The summed E-state index contributed by atoms with van der Waals surface area (Å²) in [6, 6.07) is 5.58. The molecule has 0 unspecified atom stereocenters. The van der Waals surface area contributed by atoms with Crippen LogP contribution in [0.4, 0.5) is 5.00 Å². The number of carbonyl (C=O) groups excluding carboxylic acids is 1. The predicted octanol–water partition coefficient (Wildman–Crippen LogP) is 3.55. The highest BCUT2D eigenvalue weighted by Gasteiger charge is 2.13. The van der Waals surface area contributed by atoms with E-state index in [4.69, 9.17) is 5.11 Å². The molecular weight excluding hydrogens is 302 g/mol. The number of thioether (sulfide) groups is 1. The van der Waals surface area contributed by atoms with E-state index in [2.05, 4.69) is 5.32 Å². The molecule has 19 heavy (non-hydrogen) atoms. The highest BCUT2D eigenvalue weighted by molar-refractivity contribution is 8.01. The van der Waals surface area contributed by atoms with Crippen molar-refractivity contribution in [2.24, 2.45) is 0 Å². The largest absolute Gasteiger partial charge is 0.477 e. The molecule has 0 aliphatic heterocycles. The van der Waals surface area contributed by atoms with Gasteiger partial charge < -0.3 is 10.4 Å². The lowest BCUT2D eigenvalue weighted by Crippen LogP contribution is -2.12. The molecule has 2 rings (SSSR count). The molecule has 0 bridgehead atoms. The zero-order chi connectivity index (χ0) is 13.8. The Morgan fingerprint density at radius 1 is 1.47 bits per heavy atom. The van der Waals surface area contributed by atoms with E-state index < -0.39 is 5.97 Å². The average Bonchev–Trinajstić information content (AvgIpc) is 2.96. The van der Waals surface area contributed by atoms with E-state index in [0.29, 0.717) is 16.3 Å². The molecule has 0 saturated carbocycles. The number of aryl methyl sites for hydroxylation is 1. The molecule has 2 heterocycles. The van der Waals surface area contributed by atoms with Crippen LogP contribution in [-0.4, -0.2) is 22.7 Å². The summed E-state index contributed by atoms with van der Waals surface area (Å²) in [4.78, 5) is 22.9. The summed E-state index contributed by atoms with van der Waals surface area (Å²) in [6.45, 7) is 1.72. The van der Waals surface area contributed by atoms with Gasteiger partial charge in [0.15, 0.2) is 0 Å².